The number of aryl methyl sites for hydroxylation is 3. The number of nitrogens with zero attached hydrogens (tertiary/aromatic N) is 2. The van der Waals surface area contributed by atoms with Crippen LogP contribution in [0.2, 0.25) is 0 Å². The molecule has 2 unspecified atom stereocenters. The molecule has 2 rings (SSSR count). The van der Waals surface area contributed by atoms with E-state index in [-0.39, 0.29) is 23.9 Å². The Bertz CT molecular complexity index is 822. The van der Waals surface area contributed by atoms with E-state index in [1.807, 2.05) is 27.7 Å². The minimum atomic E-state index is -0.529. The smallest absolute Gasteiger partial charge is 0.273 e. The first kappa shape index (κ1) is 19.2. The number of aliphatic hydroxyl groups is 1. The molecular formula is C18H28N4O3. The van der Waals surface area contributed by atoms with Gasteiger partial charge in [0.2, 0.25) is 5.91 Å². The Balaban J connectivity index is 2.07. The lowest BCUT2D eigenvalue weighted by molar-refractivity contribution is -0.121. The minimum Gasteiger partial charge on any atom is -0.391 e. The lowest BCUT2D eigenvalue weighted by atomic mass is 10.00. The zero-order valence-corrected chi connectivity index (χ0v) is 15.6. The molecule has 2 aromatic rings. The van der Waals surface area contributed by atoms with Crippen molar-refractivity contribution < 1.29 is 9.90 Å². The van der Waals surface area contributed by atoms with Crippen molar-refractivity contribution in [2.24, 2.45) is 13.0 Å². The number of hydrogen-bond donors (Lipinski definition) is 3. The van der Waals surface area contributed by atoms with E-state index in [0.29, 0.717) is 23.9 Å². The molecule has 0 aliphatic carbocycles. The van der Waals surface area contributed by atoms with Gasteiger partial charge in [-0.05, 0) is 37.3 Å². The fourth-order valence-electron chi connectivity index (χ4n) is 3.03. The van der Waals surface area contributed by atoms with Crippen molar-refractivity contribution in [1.29, 1.82) is 0 Å². The number of aliphatic hydroxyl groups excluding tert-OH is 1. The largest absolute Gasteiger partial charge is 0.391 e. The van der Waals surface area contributed by atoms with Gasteiger partial charge in [0, 0.05) is 25.7 Å². The van der Waals surface area contributed by atoms with Crippen molar-refractivity contribution >= 4 is 16.9 Å². The van der Waals surface area contributed by atoms with Crippen molar-refractivity contribution in [2.75, 3.05) is 6.54 Å². The van der Waals surface area contributed by atoms with Crippen molar-refractivity contribution in [3.05, 3.63) is 27.2 Å². The summed E-state index contributed by atoms with van der Waals surface area (Å²) in [5, 5.41) is 16.0. The summed E-state index contributed by atoms with van der Waals surface area (Å²) < 4.78 is 1.62. The van der Waals surface area contributed by atoms with Crippen LogP contribution in [0, 0.1) is 19.8 Å². The van der Waals surface area contributed by atoms with E-state index in [1.165, 1.54) is 0 Å². The molecule has 138 valence electrons. The molecule has 0 aliphatic heterocycles. The highest BCUT2D eigenvalue weighted by atomic mass is 16.3. The second kappa shape index (κ2) is 7.82. The number of aromatic nitrogens is 3. The van der Waals surface area contributed by atoms with Crippen molar-refractivity contribution in [1.82, 2.24) is 20.1 Å². The first-order valence-corrected chi connectivity index (χ1v) is 8.75. The van der Waals surface area contributed by atoms with Gasteiger partial charge in [0.05, 0.1) is 11.5 Å². The van der Waals surface area contributed by atoms with Crippen LogP contribution in [0.1, 0.15) is 43.5 Å². The molecule has 7 heteroatoms. The predicted molar refractivity (Wildman–Crippen MR) is 97.6 cm³/mol. The molecule has 0 bridgehead atoms. The fourth-order valence-corrected chi connectivity index (χ4v) is 3.03. The number of nitrogens with one attached hydrogen (secondary N) is 2. The molecule has 3 N–H and O–H groups in total. The van der Waals surface area contributed by atoms with Gasteiger partial charge in [0.25, 0.3) is 5.56 Å². The van der Waals surface area contributed by atoms with E-state index in [1.54, 1.807) is 11.7 Å². The summed E-state index contributed by atoms with van der Waals surface area (Å²) >= 11 is 0. The van der Waals surface area contributed by atoms with E-state index in [0.717, 1.165) is 23.2 Å². The number of aromatic amines is 1. The van der Waals surface area contributed by atoms with E-state index < -0.39 is 6.10 Å². The van der Waals surface area contributed by atoms with Crippen LogP contribution in [0.3, 0.4) is 0 Å². The molecule has 2 aromatic heterocycles. The lowest BCUT2D eigenvalue weighted by Gasteiger charge is -2.17. The van der Waals surface area contributed by atoms with E-state index in [4.69, 9.17) is 0 Å². The maximum Gasteiger partial charge on any atom is 0.273 e. The van der Waals surface area contributed by atoms with Crippen molar-refractivity contribution in [3.63, 3.8) is 0 Å². The minimum absolute atomic E-state index is 0.108. The summed E-state index contributed by atoms with van der Waals surface area (Å²) in [6, 6.07) is 0. The van der Waals surface area contributed by atoms with Gasteiger partial charge < -0.3 is 10.4 Å². The molecule has 0 spiro atoms. The molecule has 0 fully saturated rings. The highest BCUT2D eigenvalue weighted by Gasteiger charge is 2.17. The quantitative estimate of drug-likeness (QED) is 0.703. The van der Waals surface area contributed by atoms with Gasteiger partial charge in [-0.1, -0.05) is 20.3 Å². The number of rotatable bonds is 7. The number of pyridine rings is 1. The SMILES string of the molecule is CCC(C)C(O)CNC(=O)CCc1c(C)nc2c(c1C)c(=O)[nH]n2C. The average molecular weight is 348 g/mol. The molecule has 25 heavy (non-hydrogen) atoms. The molecule has 0 radical (unpaired) electrons. The monoisotopic (exact) mass is 348 g/mol. The standard InChI is InChI=1S/C18H28N4O3/c1-6-10(2)14(23)9-19-15(24)8-7-13-11(3)16-17(20-12(13)4)22(5)21-18(16)25/h10,14,23H,6-9H2,1-5H3,(H,19,24)(H,21,25). The molecule has 7 nitrogen and oxygen atoms in total. The molecule has 0 saturated carbocycles. The first-order chi connectivity index (χ1) is 11.8. The van der Waals surface area contributed by atoms with Gasteiger partial charge in [0.15, 0.2) is 5.65 Å². The zero-order valence-electron chi connectivity index (χ0n) is 15.6. The Morgan fingerprint density at radius 2 is 2.08 bits per heavy atom. The molecular weight excluding hydrogens is 320 g/mol. The van der Waals surface area contributed by atoms with Crippen LogP contribution in [0.25, 0.3) is 11.0 Å². The molecule has 2 atom stereocenters. The first-order valence-electron chi connectivity index (χ1n) is 8.75. The summed E-state index contributed by atoms with van der Waals surface area (Å²) in [4.78, 5) is 28.6. The van der Waals surface area contributed by atoms with Gasteiger partial charge in [-0.15, -0.1) is 0 Å². The number of carbonyl (C=O) groups is 1. The van der Waals surface area contributed by atoms with Crippen LogP contribution in [-0.4, -0.2) is 38.4 Å². The Morgan fingerprint density at radius 1 is 1.40 bits per heavy atom. The van der Waals surface area contributed by atoms with Gasteiger partial charge in [-0.25, -0.2) is 4.98 Å². The molecule has 2 heterocycles. The van der Waals surface area contributed by atoms with Crippen molar-refractivity contribution in [2.45, 2.75) is 53.1 Å². The second-order valence-electron chi connectivity index (χ2n) is 6.76. The maximum atomic E-state index is 12.1. The molecule has 0 aromatic carbocycles. The second-order valence-corrected chi connectivity index (χ2v) is 6.76. The Kier molecular flexibility index (Phi) is 6.00. The van der Waals surface area contributed by atoms with Crippen LogP contribution in [-0.2, 0) is 18.3 Å². The van der Waals surface area contributed by atoms with Gasteiger partial charge in [-0.2, -0.15) is 0 Å². The summed E-state index contributed by atoms with van der Waals surface area (Å²) in [6.45, 7) is 8.02. The highest BCUT2D eigenvalue weighted by molar-refractivity contribution is 5.81. The average Bonchev–Trinajstić information content (AvgIpc) is 2.85. The van der Waals surface area contributed by atoms with Gasteiger partial charge >= 0.3 is 0 Å². The van der Waals surface area contributed by atoms with Crippen LogP contribution in [0.15, 0.2) is 4.79 Å². The van der Waals surface area contributed by atoms with Crippen LogP contribution in [0.4, 0.5) is 0 Å². The van der Waals surface area contributed by atoms with Crippen molar-refractivity contribution in [3.8, 4) is 0 Å². The third-order valence-electron chi connectivity index (χ3n) is 4.99. The predicted octanol–water partition coefficient (Wildman–Crippen LogP) is 1.33. The number of fused-ring (bicyclic) bond motifs is 1. The van der Waals surface area contributed by atoms with Crippen LogP contribution in [0.5, 0.6) is 0 Å². The number of carbonyl (C=O) groups excluding carboxylic acids is 1. The fraction of sp³-hybridized carbons (Fsp3) is 0.611. The normalized spacial score (nSPS) is 13.8. The van der Waals surface area contributed by atoms with E-state index in [2.05, 4.69) is 15.4 Å². The Hall–Kier alpha value is -2.15. The van der Waals surface area contributed by atoms with Gasteiger partial charge in [-0.3, -0.25) is 19.4 Å². The summed E-state index contributed by atoms with van der Waals surface area (Å²) in [5.41, 5.74) is 3.10. The molecule has 1 amide bonds. The Labute approximate surface area is 147 Å². The number of H-pyrrole nitrogens is 1. The summed E-state index contributed by atoms with van der Waals surface area (Å²) in [5.74, 6) is 0.0458. The number of amides is 1. The van der Waals surface area contributed by atoms with E-state index in [9.17, 15) is 14.7 Å². The molecule has 0 saturated heterocycles. The third kappa shape index (κ3) is 4.10. The zero-order chi connectivity index (χ0) is 18.7. The van der Waals surface area contributed by atoms with Crippen LogP contribution < -0.4 is 10.9 Å². The third-order valence-corrected chi connectivity index (χ3v) is 4.99. The highest BCUT2D eigenvalue weighted by Crippen LogP contribution is 2.21. The van der Waals surface area contributed by atoms with Gasteiger partial charge in [0.1, 0.15) is 0 Å². The number of hydrogen-bond acceptors (Lipinski definition) is 4. The summed E-state index contributed by atoms with van der Waals surface area (Å²) in [6.07, 6.45) is 1.15. The lowest BCUT2D eigenvalue weighted by Crippen LogP contribution is -2.35. The topological polar surface area (TPSA) is 100 Å². The van der Waals surface area contributed by atoms with Crippen LogP contribution >= 0.6 is 0 Å². The molecule has 0 aliphatic rings. The van der Waals surface area contributed by atoms with E-state index >= 15 is 0 Å². The summed E-state index contributed by atoms with van der Waals surface area (Å²) in [7, 11) is 1.76. The Morgan fingerprint density at radius 3 is 2.72 bits per heavy atom. The maximum absolute atomic E-state index is 12.1.